The molecule has 4 nitrogen and oxygen atoms in total. The lowest BCUT2D eigenvalue weighted by atomic mass is 9.67. The van der Waals surface area contributed by atoms with Gasteiger partial charge in [-0.05, 0) is 44.4 Å². The summed E-state index contributed by atoms with van der Waals surface area (Å²) in [5.41, 5.74) is -0.217. The van der Waals surface area contributed by atoms with Crippen molar-refractivity contribution in [3.8, 4) is 6.07 Å². The number of aromatic nitrogens is 3. The maximum absolute atomic E-state index is 9.62. The molecule has 0 aromatic carbocycles. The number of nitriles is 1. The molecule has 1 heterocycles. The van der Waals surface area contributed by atoms with Gasteiger partial charge in [-0.1, -0.05) is 13.8 Å². The van der Waals surface area contributed by atoms with E-state index in [-0.39, 0.29) is 5.41 Å². The van der Waals surface area contributed by atoms with Crippen LogP contribution in [0.2, 0.25) is 0 Å². The summed E-state index contributed by atoms with van der Waals surface area (Å²) in [5, 5.41) is 13.8. The number of rotatable bonds is 4. The third-order valence-corrected chi connectivity index (χ3v) is 4.66. The Labute approximate surface area is 115 Å². The lowest BCUT2D eigenvalue weighted by Crippen LogP contribution is -2.31. The van der Waals surface area contributed by atoms with Gasteiger partial charge in [0.1, 0.15) is 12.2 Å². The summed E-state index contributed by atoms with van der Waals surface area (Å²) in [5.74, 6) is 2.48. The first-order chi connectivity index (χ1) is 9.10. The molecule has 0 amide bonds. The highest BCUT2D eigenvalue weighted by Crippen LogP contribution is 2.42. The number of hydrogen-bond donors (Lipinski definition) is 0. The molecule has 104 valence electrons. The van der Waals surface area contributed by atoms with Crippen LogP contribution >= 0.6 is 0 Å². The molecule has 1 saturated carbocycles. The molecule has 0 radical (unpaired) electrons. The molecule has 0 atom stereocenters. The molecular weight excluding hydrogens is 236 g/mol. The van der Waals surface area contributed by atoms with Gasteiger partial charge in [0.15, 0.2) is 0 Å². The summed E-state index contributed by atoms with van der Waals surface area (Å²) in [6.45, 7) is 7.47. The van der Waals surface area contributed by atoms with Crippen LogP contribution in [0.1, 0.15) is 52.3 Å². The van der Waals surface area contributed by atoms with Gasteiger partial charge in [0.2, 0.25) is 0 Å². The van der Waals surface area contributed by atoms with E-state index in [2.05, 4.69) is 36.9 Å². The van der Waals surface area contributed by atoms with E-state index in [4.69, 9.17) is 0 Å². The molecule has 0 N–H and O–H groups in total. The second-order valence-corrected chi connectivity index (χ2v) is 6.14. The van der Waals surface area contributed by atoms with E-state index < -0.39 is 0 Å². The molecule has 0 bridgehead atoms. The van der Waals surface area contributed by atoms with Crippen LogP contribution < -0.4 is 0 Å². The summed E-state index contributed by atoms with van der Waals surface area (Å²) < 4.78 is 1.91. The van der Waals surface area contributed by atoms with Crippen molar-refractivity contribution in [2.75, 3.05) is 0 Å². The molecule has 1 aliphatic carbocycles. The third kappa shape index (κ3) is 2.97. The summed E-state index contributed by atoms with van der Waals surface area (Å²) in [7, 11) is 0. The molecule has 0 saturated heterocycles. The summed E-state index contributed by atoms with van der Waals surface area (Å²) in [4.78, 5) is 4.33. The van der Waals surface area contributed by atoms with Crippen molar-refractivity contribution in [3.63, 3.8) is 0 Å². The Morgan fingerprint density at radius 1 is 1.47 bits per heavy atom. The van der Waals surface area contributed by atoms with Crippen LogP contribution in [0.4, 0.5) is 0 Å². The lowest BCUT2D eigenvalue weighted by Gasteiger charge is -2.36. The molecule has 1 aromatic heterocycles. The van der Waals surface area contributed by atoms with Gasteiger partial charge in [-0.25, -0.2) is 4.98 Å². The molecule has 2 rings (SSSR count). The number of aryl methyl sites for hydroxylation is 1. The van der Waals surface area contributed by atoms with Crippen molar-refractivity contribution in [3.05, 3.63) is 12.2 Å². The average molecular weight is 260 g/mol. The predicted octanol–water partition coefficient (Wildman–Crippen LogP) is 3.20. The van der Waals surface area contributed by atoms with Crippen LogP contribution in [-0.4, -0.2) is 14.8 Å². The highest BCUT2D eigenvalue weighted by atomic mass is 15.3. The lowest BCUT2D eigenvalue weighted by molar-refractivity contribution is 0.171. The van der Waals surface area contributed by atoms with Crippen molar-refractivity contribution in [2.45, 2.75) is 59.4 Å². The van der Waals surface area contributed by atoms with Gasteiger partial charge in [0.25, 0.3) is 0 Å². The van der Waals surface area contributed by atoms with Crippen LogP contribution in [0.25, 0.3) is 0 Å². The second-order valence-electron chi connectivity index (χ2n) is 6.14. The Hall–Kier alpha value is -1.37. The van der Waals surface area contributed by atoms with E-state index in [1.54, 1.807) is 6.33 Å². The van der Waals surface area contributed by atoms with Crippen molar-refractivity contribution in [1.82, 2.24) is 14.8 Å². The van der Waals surface area contributed by atoms with Gasteiger partial charge in [-0.15, -0.1) is 0 Å². The van der Waals surface area contributed by atoms with Crippen molar-refractivity contribution >= 4 is 0 Å². The predicted molar refractivity (Wildman–Crippen MR) is 74.2 cm³/mol. The fourth-order valence-corrected chi connectivity index (χ4v) is 3.18. The second kappa shape index (κ2) is 5.73. The molecule has 1 aromatic rings. The van der Waals surface area contributed by atoms with Gasteiger partial charge in [0, 0.05) is 13.0 Å². The summed E-state index contributed by atoms with van der Waals surface area (Å²) >= 11 is 0. The summed E-state index contributed by atoms with van der Waals surface area (Å²) in [6, 6.07) is 2.59. The van der Waals surface area contributed by atoms with Crippen LogP contribution in [0, 0.1) is 28.6 Å². The Morgan fingerprint density at radius 2 is 2.16 bits per heavy atom. The Morgan fingerprint density at radius 3 is 2.68 bits per heavy atom. The highest BCUT2D eigenvalue weighted by Gasteiger charge is 2.37. The van der Waals surface area contributed by atoms with E-state index in [1.807, 2.05) is 4.68 Å². The Kier molecular flexibility index (Phi) is 4.24. The first-order valence-electron chi connectivity index (χ1n) is 7.38. The normalized spacial score (nSPS) is 27.4. The standard InChI is InChI=1S/C15H24N4/c1-4-19-14(17-11-18-19)9-15(10-16)7-5-13(6-8-15)12(2)3/h11-13H,4-9H2,1-3H3. The van der Waals surface area contributed by atoms with Crippen LogP contribution in [0.5, 0.6) is 0 Å². The van der Waals surface area contributed by atoms with Gasteiger partial charge in [-0.3, -0.25) is 4.68 Å². The van der Waals surface area contributed by atoms with Crippen molar-refractivity contribution in [2.24, 2.45) is 17.3 Å². The van der Waals surface area contributed by atoms with Crippen LogP contribution in [0.15, 0.2) is 6.33 Å². The molecule has 1 fully saturated rings. The highest BCUT2D eigenvalue weighted by molar-refractivity contribution is 5.07. The molecule has 4 heteroatoms. The average Bonchev–Trinajstić information content (AvgIpc) is 2.86. The van der Waals surface area contributed by atoms with Crippen molar-refractivity contribution < 1.29 is 0 Å². The molecular formula is C15H24N4. The molecule has 1 aliphatic rings. The van der Waals surface area contributed by atoms with Gasteiger partial charge < -0.3 is 0 Å². The van der Waals surface area contributed by atoms with Crippen LogP contribution in [-0.2, 0) is 13.0 Å². The maximum Gasteiger partial charge on any atom is 0.138 e. The fraction of sp³-hybridized carbons (Fsp3) is 0.800. The zero-order chi connectivity index (χ0) is 13.9. The monoisotopic (exact) mass is 260 g/mol. The minimum atomic E-state index is -0.217. The minimum absolute atomic E-state index is 0.217. The summed E-state index contributed by atoms with van der Waals surface area (Å²) in [6.07, 6.45) is 6.70. The largest absolute Gasteiger partial charge is 0.250 e. The van der Waals surface area contributed by atoms with Crippen molar-refractivity contribution in [1.29, 1.82) is 5.26 Å². The number of nitrogens with zero attached hydrogens (tertiary/aromatic N) is 4. The topological polar surface area (TPSA) is 54.5 Å². The molecule has 0 spiro atoms. The zero-order valence-corrected chi connectivity index (χ0v) is 12.3. The van der Waals surface area contributed by atoms with E-state index in [0.717, 1.165) is 43.5 Å². The Bertz CT molecular complexity index is 447. The van der Waals surface area contributed by atoms with E-state index in [9.17, 15) is 5.26 Å². The minimum Gasteiger partial charge on any atom is -0.250 e. The molecule has 19 heavy (non-hydrogen) atoms. The van der Waals surface area contributed by atoms with E-state index >= 15 is 0 Å². The van der Waals surface area contributed by atoms with Crippen LogP contribution in [0.3, 0.4) is 0 Å². The van der Waals surface area contributed by atoms with Gasteiger partial charge in [-0.2, -0.15) is 10.4 Å². The smallest absolute Gasteiger partial charge is 0.138 e. The maximum atomic E-state index is 9.62. The van der Waals surface area contributed by atoms with E-state index in [1.165, 1.54) is 12.8 Å². The molecule has 0 aliphatic heterocycles. The SMILES string of the molecule is CCn1ncnc1CC1(C#N)CCC(C(C)C)CC1. The molecule has 0 unspecified atom stereocenters. The van der Waals surface area contributed by atoms with Gasteiger partial charge in [0.05, 0.1) is 11.5 Å². The van der Waals surface area contributed by atoms with Gasteiger partial charge >= 0.3 is 0 Å². The van der Waals surface area contributed by atoms with E-state index in [0.29, 0.717) is 0 Å². The quantitative estimate of drug-likeness (QED) is 0.835. The zero-order valence-electron chi connectivity index (χ0n) is 12.3. The Balaban J connectivity index is 2.07. The number of hydrogen-bond acceptors (Lipinski definition) is 3. The first kappa shape index (κ1) is 14.0. The fourth-order valence-electron chi connectivity index (χ4n) is 3.18. The first-order valence-corrected chi connectivity index (χ1v) is 7.38. The third-order valence-electron chi connectivity index (χ3n) is 4.66.